The summed E-state index contributed by atoms with van der Waals surface area (Å²) in [6.45, 7) is 7.87. The van der Waals surface area contributed by atoms with Gasteiger partial charge in [0.15, 0.2) is 11.6 Å². The molecule has 7 nitrogen and oxygen atoms in total. The van der Waals surface area contributed by atoms with E-state index in [1.807, 2.05) is 24.4 Å². The molecule has 1 atom stereocenters. The number of nitrogens with one attached hydrogen (secondary N) is 1. The van der Waals surface area contributed by atoms with E-state index >= 15 is 0 Å². The number of rotatable bonds is 3. The molecule has 1 aliphatic heterocycles. The van der Waals surface area contributed by atoms with Crippen LogP contribution < -0.4 is 4.90 Å². The van der Waals surface area contributed by atoms with Gasteiger partial charge in [-0.1, -0.05) is 0 Å². The summed E-state index contributed by atoms with van der Waals surface area (Å²) in [5.41, 5.74) is 1.68. The molecule has 4 aromatic heterocycles. The highest BCUT2D eigenvalue weighted by molar-refractivity contribution is 7.19. The molecule has 29 heavy (non-hydrogen) atoms. The Balaban J connectivity index is 1.76. The molecular weight excluding hydrogens is 386 g/mol. The van der Waals surface area contributed by atoms with E-state index in [0.717, 1.165) is 44.1 Å². The Morgan fingerprint density at radius 3 is 2.97 bits per heavy atom. The van der Waals surface area contributed by atoms with Gasteiger partial charge in [-0.3, -0.25) is 0 Å². The quantitative estimate of drug-likeness (QED) is 0.537. The fourth-order valence-corrected chi connectivity index (χ4v) is 4.83. The standard InChI is InChI=1S/C21H23N5O2S/c1-12-11-28-9-8-26(12)20-17-15(10-16(29-17)21(2,3)27)24-19(25-20)14-5-7-23-18-13(14)4-6-22-18/h4-7,10,12,27H,8-9,11H2,1-3H3,(H,22,23)/t12-/m1/s1. The van der Waals surface area contributed by atoms with Crippen LogP contribution in [0, 0.1) is 0 Å². The van der Waals surface area contributed by atoms with Crippen LogP contribution in [-0.2, 0) is 10.3 Å². The van der Waals surface area contributed by atoms with Crippen molar-refractivity contribution >= 4 is 38.4 Å². The summed E-state index contributed by atoms with van der Waals surface area (Å²) in [5.74, 6) is 1.57. The van der Waals surface area contributed by atoms with Crippen LogP contribution in [0.1, 0.15) is 25.6 Å². The number of thiophene rings is 1. The molecule has 0 radical (unpaired) electrons. The Kier molecular flexibility index (Phi) is 4.31. The second-order valence-corrected chi connectivity index (χ2v) is 9.02. The summed E-state index contributed by atoms with van der Waals surface area (Å²) < 4.78 is 6.63. The average Bonchev–Trinajstić information content (AvgIpc) is 3.34. The lowest BCUT2D eigenvalue weighted by Gasteiger charge is -2.34. The van der Waals surface area contributed by atoms with Gasteiger partial charge in [0.25, 0.3) is 0 Å². The van der Waals surface area contributed by atoms with Crippen LogP contribution in [0.15, 0.2) is 30.6 Å². The van der Waals surface area contributed by atoms with Gasteiger partial charge < -0.3 is 19.7 Å². The molecule has 0 saturated carbocycles. The number of hydrogen-bond donors (Lipinski definition) is 2. The fourth-order valence-electron chi connectivity index (χ4n) is 3.73. The molecule has 150 valence electrons. The first-order valence-electron chi connectivity index (χ1n) is 9.73. The number of anilines is 1. The number of nitrogens with zero attached hydrogens (tertiary/aromatic N) is 4. The molecule has 5 rings (SSSR count). The fraction of sp³-hybridized carbons (Fsp3) is 0.381. The van der Waals surface area contributed by atoms with Gasteiger partial charge in [0, 0.05) is 34.8 Å². The van der Waals surface area contributed by atoms with Crippen LogP contribution in [0.3, 0.4) is 0 Å². The van der Waals surface area contributed by atoms with Crippen molar-refractivity contribution in [1.82, 2.24) is 19.9 Å². The maximum Gasteiger partial charge on any atom is 0.163 e. The maximum absolute atomic E-state index is 10.6. The summed E-state index contributed by atoms with van der Waals surface area (Å²) in [5, 5.41) is 11.6. The second kappa shape index (κ2) is 6.76. The van der Waals surface area contributed by atoms with E-state index < -0.39 is 5.60 Å². The molecule has 5 heterocycles. The lowest BCUT2D eigenvalue weighted by molar-refractivity contribution is 0.0826. The van der Waals surface area contributed by atoms with E-state index in [-0.39, 0.29) is 6.04 Å². The normalized spacial score (nSPS) is 18.1. The lowest BCUT2D eigenvalue weighted by Crippen LogP contribution is -2.44. The molecule has 0 spiro atoms. The van der Waals surface area contributed by atoms with Crippen molar-refractivity contribution in [2.24, 2.45) is 0 Å². The Labute approximate surface area is 172 Å². The molecule has 1 aliphatic rings. The zero-order chi connectivity index (χ0) is 20.2. The summed E-state index contributed by atoms with van der Waals surface area (Å²) >= 11 is 1.56. The van der Waals surface area contributed by atoms with E-state index in [9.17, 15) is 5.11 Å². The first kappa shape index (κ1) is 18.5. The van der Waals surface area contributed by atoms with Gasteiger partial charge >= 0.3 is 0 Å². The van der Waals surface area contributed by atoms with Crippen LogP contribution in [0.4, 0.5) is 5.82 Å². The molecule has 8 heteroatoms. The van der Waals surface area contributed by atoms with Crippen molar-refractivity contribution < 1.29 is 9.84 Å². The number of ether oxygens (including phenoxy) is 1. The number of aromatic amines is 1. The largest absolute Gasteiger partial charge is 0.385 e. The smallest absolute Gasteiger partial charge is 0.163 e. The Bertz CT molecular complexity index is 1190. The number of morpholine rings is 1. The van der Waals surface area contributed by atoms with Gasteiger partial charge in [0.05, 0.1) is 35.1 Å². The van der Waals surface area contributed by atoms with Gasteiger partial charge in [-0.15, -0.1) is 11.3 Å². The highest BCUT2D eigenvalue weighted by Crippen LogP contribution is 2.39. The van der Waals surface area contributed by atoms with E-state index in [0.29, 0.717) is 19.0 Å². The molecule has 4 aromatic rings. The maximum atomic E-state index is 10.6. The molecule has 0 bridgehead atoms. The molecule has 0 aromatic carbocycles. The number of H-pyrrole nitrogens is 1. The number of hydrogen-bond acceptors (Lipinski definition) is 7. The Morgan fingerprint density at radius 1 is 1.31 bits per heavy atom. The first-order valence-corrected chi connectivity index (χ1v) is 10.5. The summed E-state index contributed by atoms with van der Waals surface area (Å²) in [6, 6.07) is 6.15. The zero-order valence-corrected chi connectivity index (χ0v) is 17.5. The Hall–Kier alpha value is -2.55. The van der Waals surface area contributed by atoms with Crippen LogP contribution in [0.5, 0.6) is 0 Å². The second-order valence-electron chi connectivity index (χ2n) is 7.97. The number of fused-ring (bicyclic) bond motifs is 2. The van der Waals surface area contributed by atoms with Crippen LogP contribution in [0.25, 0.3) is 32.6 Å². The van der Waals surface area contributed by atoms with Crippen LogP contribution in [-0.4, -0.2) is 50.8 Å². The van der Waals surface area contributed by atoms with Crippen LogP contribution >= 0.6 is 11.3 Å². The van der Waals surface area contributed by atoms with Crippen molar-refractivity contribution in [2.45, 2.75) is 32.4 Å². The minimum absolute atomic E-state index is 0.215. The molecule has 0 unspecified atom stereocenters. The van der Waals surface area contributed by atoms with Crippen molar-refractivity contribution in [3.8, 4) is 11.4 Å². The third kappa shape index (κ3) is 3.17. The SMILES string of the molecule is C[C@@H]1COCCN1c1nc(-c2ccnc3[nH]ccc23)nc2cc(C(C)(C)O)sc12. The van der Waals surface area contributed by atoms with Crippen LogP contribution in [0.2, 0.25) is 0 Å². The minimum atomic E-state index is -0.927. The highest BCUT2D eigenvalue weighted by atomic mass is 32.1. The monoisotopic (exact) mass is 409 g/mol. The predicted molar refractivity (Wildman–Crippen MR) is 115 cm³/mol. The number of pyridine rings is 1. The van der Waals surface area contributed by atoms with Crippen molar-refractivity contribution in [1.29, 1.82) is 0 Å². The third-order valence-electron chi connectivity index (χ3n) is 5.30. The van der Waals surface area contributed by atoms with Crippen molar-refractivity contribution in [2.75, 3.05) is 24.7 Å². The average molecular weight is 410 g/mol. The Morgan fingerprint density at radius 2 is 2.17 bits per heavy atom. The van der Waals surface area contributed by atoms with Gasteiger partial charge in [0.2, 0.25) is 0 Å². The third-order valence-corrected chi connectivity index (χ3v) is 6.73. The summed E-state index contributed by atoms with van der Waals surface area (Å²) in [7, 11) is 0. The topological polar surface area (TPSA) is 87.2 Å². The van der Waals surface area contributed by atoms with Crippen molar-refractivity contribution in [3.05, 3.63) is 35.5 Å². The number of aromatic nitrogens is 4. The van der Waals surface area contributed by atoms with Gasteiger partial charge in [-0.05, 0) is 39.0 Å². The highest BCUT2D eigenvalue weighted by Gasteiger charge is 2.27. The molecule has 1 fully saturated rings. The van der Waals surface area contributed by atoms with Gasteiger partial charge in [0.1, 0.15) is 5.65 Å². The van der Waals surface area contributed by atoms with E-state index in [2.05, 4.69) is 21.8 Å². The zero-order valence-electron chi connectivity index (χ0n) is 16.6. The summed E-state index contributed by atoms with van der Waals surface area (Å²) in [4.78, 5) is 20.6. The van der Waals surface area contributed by atoms with E-state index in [4.69, 9.17) is 14.7 Å². The molecular formula is C21H23N5O2S. The van der Waals surface area contributed by atoms with E-state index in [1.165, 1.54) is 0 Å². The molecule has 1 saturated heterocycles. The molecule has 0 aliphatic carbocycles. The number of aliphatic hydroxyl groups is 1. The summed E-state index contributed by atoms with van der Waals surface area (Å²) in [6.07, 6.45) is 3.65. The van der Waals surface area contributed by atoms with E-state index in [1.54, 1.807) is 31.4 Å². The molecule has 2 N–H and O–H groups in total. The minimum Gasteiger partial charge on any atom is -0.385 e. The lowest BCUT2D eigenvalue weighted by atomic mass is 10.1. The predicted octanol–water partition coefficient (Wildman–Crippen LogP) is 3.69. The first-order chi connectivity index (χ1) is 13.9. The molecule has 0 amide bonds. The van der Waals surface area contributed by atoms with Gasteiger partial charge in [-0.2, -0.15) is 0 Å². The van der Waals surface area contributed by atoms with Crippen molar-refractivity contribution in [3.63, 3.8) is 0 Å². The van der Waals surface area contributed by atoms with Gasteiger partial charge in [-0.25, -0.2) is 15.0 Å².